The molecule has 0 aliphatic heterocycles. The largest absolute Gasteiger partial charge is 0.508 e. The third kappa shape index (κ3) is 3.44. The van der Waals surface area contributed by atoms with Crippen molar-refractivity contribution in [3.05, 3.63) is 33.9 Å². The van der Waals surface area contributed by atoms with Crippen molar-refractivity contribution in [1.29, 1.82) is 0 Å². The molecular formula is C12H16N2O4. The Kier molecular flexibility index (Phi) is 4.65. The van der Waals surface area contributed by atoms with E-state index in [1.807, 2.05) is 13.8 Å². The number of hydrogen-bond acceptors (Lipinski definition) is 4. The summed E-state index contributed by atoms with van der Waals surface area (Å²) in [5.74, 6) is -0.419. The second-order valence-electron chi connectivity index (χ2n) is 4.18. The molecule has 1 aromatic carbocycles. The molecule has 0 saturated heterocycles. The number of rotatable bonds is 5. The quantitative estimate of drug-likeness (QED) is 0.619. The number of benzene rings is 1. The van der Waals surface area contributed by atoms with Crippen molar-refractivity contribution < 1.29 is 14.8 Å². The predicted molar refractivity (Wildman–Crippen MR) is 66.5 cm³/mol. The third-order valence-corrected chi connectivity index (χ3v) is 2.73. The topological polar surface area (TPSA) is 92.5 Å². The average molecular weight is 252 g/mol. The van der Waals surface area contributed by atoms with Gasteiger partial charge in [0.2, 0.25) is 0 Å². The Morgan fingerprint density at radius 3 is 2.78 bits per heavy atom. The molecule has 0 fully saturated rings. The zero-order valence-electron chi connectivity index (χ0n) is 10.3. The molecule has 0 saturated carbocycles. The predicted octanol–water partition coefficient (Wildman–Crippen LogP) is 2.08. The molecule has 0 spiro atoms. The van der Waals surface area contributed by atoms with Crippen LogP contribution in [0, 0.1) is 16.0 Å². The molecule has 0 aromatic heterocycles. The number of nitrogens with zero attached hydrogens (tertiary/aromatic N) is 1. The molecule has 6 nitrogen and oxygen atoms in total. The second kappa shape index (κ2) is 6.00. The number of nitro groups is 1. The Morgan fingerprint density at radius 2 is 2.22 bits per heavy atom. The third-order valence-electron chi connectivity index (χ3n) is 2.73. The normalized spacial score (nSPS) is 11.9. The number of nitrogens with one attached hydrogen (secondary N) is 1. The van der Waals surface area contributed by atoms with Gasteiger partial charge in [0.05, 0.1) is 4.92 Å². The highest BCUT2D eigenvalue weighted by molar-refractivity contribution is 5.98. The lowest BCUT2D eigenvalue weighted by Gasteiger charge is -2.10. The van der Waals surface area contributed by atoms with E-state index in [1.165, 1.54) is 6.07 Å². The highest BCUT2D eigenvalue weighted by Crippen LogP contribution is 2.23. The standard InChI is InChI=1S/C12H16N2O4/c1-3-8(2)7-13-12(16)10-6-9(15)4-5-11(10)14(17)18/h4-6,8,15H,3,7H2,1-2H3,(H,13,16). The van der Waals surface area contributed by atoms with Crippen LogP contribution in [-0.2, 0) is 0 Å². The first-order valence-corrected chi connectivity index (χ1v) is 5.71. The molecular weight excluding hydrogens is 236 g/mol. The monoisotopic (exact) mass is 252 g/mol. The van der Waals surface area contributed by atoms with Gasteiger partial charge in [-0.25, -0.2) is 0 Å². The van der Waals surface area contributed by atoms with Crippen LogP contribution in [0.25, 0.3) is 0 Å². The number of amides is 1. The molecule has 0 aliphatic rings. The van der Waals surface area contributed by atoms with Gasteiger partial charge in [-0.1, -0.05) is 20.3 Å². The van der Waals surface area contributed by atoms with Crippen molar-refractivity contribution in [1.82, 2.24) is 5.32 Å². The van der Waals surface area contributed by atoms with Gasteiger partial charge in [-0.05, 0) is 18.1 Å². The summed E-state index contributed by atoms with van der Waals surface area (Å²) in [6, 6.07) is 3.40. The second-order valence-corrected chi connectivity index (χ2v) is 4.18. The zero-order valence-corrected chi connectivity index (χ0v) is 10.3. The Bertz CT molecular complexity index is 459. The van der Waals surface area contributed by atoms with E-state index >= 15 is 0 Å². The van der Waals surface area contributed by atoms with Crippen LogP contribution in [0.3, 0.4) is 0 Å². The van der Waals surface area contributed by atoms with Crippen molar-refractivity contribution in [2.45, 2.75) is 20.3 Å². The molecule has 0 bridgehead atoms. The lowest BCUT2D eigenvalue weighted by Crippen LogP contribution is -2.28. The zero-order chi connectivity index (χ0) is 13.7. The van der Waals surface area contributed by atoms with E-state index < -0.39 is 10.8 Å². The molecule has 98 valence electrons. The van der Waals surface area contributed by atoms with E-state index in [4.69, 9.17) is 0 Å². The summed E-state index contributed by atoms with van der Waals surface area (Å²) in [7, 11) is 0. The Hall–Kier alpha value is -2.11. The summed E-state index contributed by atoms with van der Waals surface area (Å²) in [6.07, 6.45) is 0.905. The summed E-state index contributed by atoms with van der Waals surface area (Å²) in [5.41, 5.74) is -0.433. The van der Waals surface area contributed by atoms with Gasteiger partial charge in [0, 0.05) is 12.6 Å². The van der Waals surface area contributed by atoms with E-state index in [2.05, 4.69) is 5.32 Å². The van der Waals surface area contributed by atoms with Crippen LogP contribution >= 0.6 is 0 Å². The first-order valence-electron chi connectivity index (χ1n) is 5.71. The number of nitro benzene ring substituents is 1. The maximum atomic E-state index is 11.8. The summed E-state index contributed by atoms with van der Waals surface area (Å²) in [4.78, 5) is 22.0. The SMILES string of the molecule is CCC(C)CNC(=O)c1cc(O)ccc1[N+](=O)[O-]. The smallest absolute Gasteiger partial charge is 0.282 e. The number of carbonyl (C=O) groups is 1. The van der Waals surface area contributed by atoms with Gasteiger partial charge in [0.1, 0.15) is 11.3 Å². The van der Waals surface area contributed by atoms with Crippen LogP contribution < -0.4 is 5.32 Å². The van der Waals surface area contributed by atoms with Crippen LogP contribution in [0.4, 0.5) is 5.69 Å². The van der Waals surface area contributed by atoms with Crippen LogP contribution in [0.2, 0.25) is 0 Å². The molecule has 0 radical (unpaired) electrons. The minimum absolute atomic E-state index is 0.122. The van der Waals surface area contributed by atoms with E-state index in [0.29, 0.717) is 12.5 Å². The molecule has 1 amide bonds. The molecule has 0 aliphatic carbocycles. The summed E-state index contributed by atoms with van der Waals surface area (Å²) in [6.45, 7) is 4.41. The minimum atomic E-state index is -0.641. The van der Waals surface area contributed by atoms with Gasteiger partial charge >= 0.3 is 0 Å². The lowest BCUT2D eigenvalue weighted by atomic mass is 10.1. The van der Waals surface area contributed by atoms with Gasteiger partial charge < -0.3 is 10.4 Å². The number of hydrogen-bond donors (Lipinski definition) is 2. The average Bonchev–Trinajstić information content (AvgIpc) is 2.34. The highest BCUT2D eigenvalue weighted by Gasteiger charge is 2.20. The molecule has 6 heteroatoms. The van der Waals surface area contributed by atoms with E-state index in [9.17, 15) is 20.0 Å². The molecule has 1 rings (SSSR count). The fraction of sp³-hybridized carbons (Fsp3) is 0.417. The van der Waals surface area contributed by atoms with Gasteiger partial charge in [-0.2, -0.15) is 0 Å². The summed E-state index contributed by atoms with van der Waals surface area (Å²) >= 11 is 0. The van der Waals surface area contributed by atoms with E-state index in [-0.39, 0.29) is 17.0 Å². The van der Waals surface area contributed by atoms with Gasteiger partial charge in [0.25, 0.3) is 11.6 Å². The van der Waals surface area contributed by atoms with Gasteiger partial charge in [0.15, 0.2) is 0 Å². The Balaban J connectivity index is 2.90. The van der Waals surface area contributed by atoms with E-state index in [0.717, 1.165) is 18.6 Å². The number of phenols is 1. The fourth-order valence-electron chi connectivity index (χ4n) is 1.37. The van der Waals surface area contributed by atoms with Crippen molar-refractivity contribution in [3.63, 3.8) is 0 Å². The molecule has 18 heavy (non-hydrogen) atoms. The molecule has 2 N–H and O–H groups in total. The first kappa shape index (κ1) is 14.0. The Labute approximate surface area is 105 Å². The molecule has 0 heterocycles. The number of phenolic OH excluding ortho intramolecular Hbond substituents is 1. The highest BCUT2D eigenvalue weighted by atomic mass is 16.6. The maximum absolute atomic E-state index is 11.8. The summed E-state index contributed by atoms with van der Waals surface area (Å²) < 4.78 is 0. The minimum Gasteiger partial charge on any atom is -0.508 e. The molecule has 1 aromatic rings. The van der Waals surface area contributed by atoms with Crippen molar-refractivity contribution >= 4 is 11.6 Å². The maximum Gasteiger partial charge on any atom is 0.282 e. The molecule has 1 atom stereocenters. The fourth-order valence-corrected chi connectivity index (χ4v) is 1.37. The van der Waals surface area contributed by atoms with Crippen LogP contribution in [0.1, 0.15) is 30.6 Å². The van der Waals surface area contributed by atoms with Gasteiger partial charge in [-0.15, -0.1) is 0 Å². The lowest BCUT2D eigenvalue weighted by molar-refractivity contribution is -0.385. The van der Waals surface area contributed by atoms with Crippen LogP contribution in [0.15, 0.2) is 18.2 Å². The van der Waals surface area contributed by atoms with E-state index in [1.54, 1.807) is 0 Å². The van der Waals surface area contributed by atoms with Crippen molar-refractivity contribution in [2.24, 2.45) is 5.92 Å². The van der Waals surface area contributed by atoms with Gasteiger partial charge in [-0.3, -0.25) is 14.9 Å². The van der Waals surface area contributed by atoms with Crippen LogP contribution in [0.5, 0.6) is 5.75 Å². The van der Waals surface area contributed by atoms with Crippen molar-refractivity contribution in [2.75, 3.05) is 6.54 Å². The number of aromatic hydroxyl groups is 1. The molecule has 1 unspecified atom stereocenters. The summed E-state index contributed by atoms with van der Waals surface area (Å²) in [5, 5.41) is 22.7. The van der Waals surface area contributed by atoms with Crippen LogP contribution in [-0.4, -0.2) is 22.5 Å². The Morgan fingerprint density at radius 1 is 1.56 bits per heavy atom. The first-order chi connectivity index (χ1) is 8.45. The number of carbonyl (C=O) groups excluding carboxylic acids is 1. The van der Waals surface area contributed by atoms with Crippen molar-refractivity contribution in [3.8, 4) is 5.75 Å².